The number of amides is 2. The van der Waals surface area contributed by atoms with Gasteiger partial charge in [-0.2, -0.15) is 0 Å². The molecule has 3 aromatic rings. The van der Waals surface area contributed by atoms with Crippen LogP contribution in [0.25, 0.3) is 10.2 Å². The Morgan fingerprint density at radius 3 is 2.55 bits per heavy atom. The lowest BCUT2D eigenvalue weighted by atomic mass is 9.90. The fraction of sp³-hybridized carbons (Fsp3) is 0.391. The van der Waals surface area contributed by atoms with Crippen LogP contribution in [0.2, 0.25) is 0 Å². The van der Waals surface area contributed by atoms with Gasteiger partial charge in [0.05, 0.1) is 5.39 Å². The zero-order valence-electron chi connectivity index (χ0n) is 17.6. The average Bonchev–Trinajstić information content (AvgIpc) is 3.27. The zero-order chi connectivity index (χ0) is 21.6. The fourth-order valence-electron chi connectivity index (χ4n) is 4.02. The largest absolute Gasteiger partial charge is 0.356 e. The minimum atomic E-state index is -0.116. The van der Waals surface area contributed by atoms with Gasteiger partial charge in [0.25, 0.3) is 5.91 Å². The third-order valence-electron chi connectivity index (χ3n) is 5.68. The summed E-state index contributed by atoms with van der Waals surface area (Å²) in [6.07, 6.45) is 4.94. The van der Waals surface area contributed by atoms with Gasteiger partial charge in [-0.1, -0.05) is 12.1 Å². The monoisotopic (exact) mass is 437 g/mol. The highest BCUT2D eigenvalue weighted by Crippen LogP contribution is 2.30. The van der Waals surface area contributed by atoms with Gasteiger partial charge in [-0.05, 0) is 54.3 Å². The van der Waals surface area contributed by atoms with E-state index in [4.69, 9.17) is 0 Å². The van der Waals surface area contributed by atoms with Crippen molar-refractivity contribution in [3.63, 3.8) is 0 Å². The van der Waals surface area contributed by atoms with Gasteiger partial charge in [-0.15, -0.1) is 11.3 Å². The minimum Gasteiger partial charge on any atom is -0.356 e. The maximum atomic E-state index is 12.2. The van der Waals surface area contributed by atoms with Crippen molar-refractivity contribution >= 4 is 39.2 Å². The van der Waals surface area contributed by atoms with Gasteiger partial charge in [0.15, 0.2) is 0 Å². The number of fused-ring (bicyclic) bond motifs is 1. The van der Waals surface area contributed by atoms with Crippen molar-refractivity contribution in [3.05, 3.63) is 53.2 Å². The molecule has 1 fully saturated rings. The van der Waals surface area contributed by atoms with Crippen LogP contribution in [0.15, 0.2) is 42.0 Å². The van der Waals surface area contributed by atoms with Crippen LogP contribution in [-0.4, -0.2) is 48.0 Å². The van der Waals surface area contributed by atoms with Crippen LogP contribution in [0.1, 0.15) is 35.7 Å². The number of piperidine rings is 1. The molecular formula is C23H27N5O2S. The second-order valence-corrected chi connectivity index (χ2v) is 8.80. The molecule has 1 aliphatic heterocycles. The van der Waals surface area contributed by atoms with E-state index in [2.05, 4.69) is 49.1 Å². The molecule has 0 spiro atoms. The molecule has 1 saturated heterocycles. The number of anilines is 1. The van der Waals surface area contributed by atoms with Gasteiger partial charge in [0, 0.05) is 38.7 Å². The van der Waals surface area contributed by atoms with E-state index >= 15 is 0 Å². The Hall–Kier alpha value is -3.00. The van der Waals surface area contributed by atoms with Crippen molar-refractivity contribution in [3.8, 4) is 0 Å². The van der Waals surface area contributed by atoms with Gasteiger partial charge in [-0.25, -0.2) is 9.97 Å². The van der Waals surface area contributed by atoms with Gasteiger partial charge >= 0.3 is 0 Å². The summed E-state index contributed by atoms with van der Waals surface area (Å²) in [4.78, 5) is 35.4. The van der Waals surface area contributed by atoms with Crippen molar-refractivity contribution in [2.45, 2.75) is 26.2 Å². The molecule has 2 amide bonds. The summed E-state index contributed by atoms with van der Waals surface area (Å²) in [5, 5.41) is 8.70. The molecule has 2 N–H and O–H groups in total. The number of nitrogens with zero attached hydrogens (tertiary/aromatic N) is 3. The molecular weight excluding hydrogens is 410 g/mol. The Labute approximate surface area is 185 Å². The Bertz CT molecular complexity index is 1040. The number of benzene rings is 1. The topological polar surface area (TPSA) is 87.2 Å². The van der Waals surface area contributed by atoms with Crippen molar-refractivity contribution in [1.29, 1.82) is 0 Å². The molecule has 2 aromatic heterocycles. The van der Waals surface area contributed by atoms with Crippen molar-refractivity contribution in [2.24, 2.45) is 5.92 Å². The molecule has 1 aliphatic rings. The molecule has 31 heavy (non-hydrogen) atoms. The smallest absolute Gasteiger partial charge is 0.251 e. The summed E-state index contributed by atoms with van der Waals surface area (Å²) in [6, 6.07) is 9.97. The SMILES string of the molecule is CC(=O)NCCNC(=O)c1ccc(CC2CCN(c3ncnc4sccc34)CC2)cc1. The number of carbonyl (C=O) groups is 2. The lowest BCUT2D eigenvalue weighted by Gasteiger charge is -2.33. The lowest BCUT2D eigenvalue weighted by Crippen LogP contribution is -2.35. The summed E-state index contributed by atoms with van der Waals surface area (Å²) >= 11 is 1.65. The Morgan fingerprint density at radius 1 is 1.06 bits per heavy atom. The maximum absolute atomic E-state index is 12.2. The lowest BCUT2D eigenvalue weighted by molar-refractivity contribution is -0.118. The molecule has 7 nitrogen and oxygen atoms in total. The Kier molecular flexibility index (Phi) is 6.76. The van der Waals surface area contributed by atoms with E-state index in [1.807, 2.05) is 12.1 Å². The van der Waals surface area contributed by atoms with Crippen LogP contribution >= 0.6 is 11.3 Å². The molecule has 4 rings (SSSR count). The number of hydrogen-bond acceptors (Lipinski definition) is 6. The first kappa shape index (κ1) is 21.2. The molecule has 3 heterocycles. The van der Waals surface area contributed by atoms with E-state index in [1.54, 1.807) is 17.7 Å². The summed E-state index contributed by atoms with van der Waals surface area (Å²) in [5.74, 6) is 1.47. The van der Waals surface area contributed by atoms with E-state index in [0.29, 0.717) is 24.6 Å². The molecule has 1 aromatic carbocycles. The molecule has 0 aliphatic carbocycles. The van der Waals surface area contributed by atoms with E-state index < -0.39 is 0 Å². The normalized spacial score (nSPS) is 14.5. The molecule has 0 unspecified atom stereocenters. The number of rotatable bonds is 7. The molecule has 8 heteroatoms. The molecule has 162 valence electrons. The van der Waals surface area contributed by atoms with E-state index in [9.17, 15) is 9.59 Å². The third-order valence-corrected chi connectivity index (χ3v) is 6.50. The highest BCUT2D eigenvalue weighted by atomic mass is 32.1. The fourth-order valence-corrected chi connectivity index (χ4v) is 4.75. The summed E-state index contributed by atoms with van der Waals surface area (Å²) < 4.78 is 0. The minimum absolute atomic E-state index is 0.0961. The van der Waals surface area contributed by atoms with E-state index in [1.165, 1.54) is 12.5 Å². The number of nitrogens with one attached hydrogen (secondary N) is 2. The Morgan fingerprint density at radius 2 is 1.81 bits per heavy atom. The number of thiophene rings is 1. The summed E-state index contributed by atoms with van der Waals surface area (Å²) in [7, 11) is 0. The van der Waals surface area contributed by atoms with Crippen LogP contribution in [0.3, 0.4) is 0 Å². The van der Waals surface area contributed by atoms with Crippen LogP contribution < -0.4 is 15.5 Å². The first-order chi connectivity index (χ1) is 15.1. The first-order valence-electron chi connectivity index (χ1n) is 10.6. The van der Waals surface area contributed by atoms with Crippen molar-refractivity contribution in [1.82, 2.24) is 20.6 Å². The second-order valence-electron chi connectivity index (χ2n) is 7.91. The predicted octanol–water partition coefficient (Wildman–Crippen LogP) is 3.02. The summed E-state index contributed by atoms with van der Waals surface area (Å²) in [5.41, 5.74) is 1.90. The standard InChI is InChI=1S/C23H27N5O2S/c1-16(29)24-9-10-25-22(30)19-4-2-17(3-5-19)14-18-6-11-28(12-7-18)21-20-8-13-31-23(20)27-15-26-21/h2-5,8,13,15,18H,6-7,9-12,14H2,1H3,(H,24,29)(H,25,30). The number of carbonyl (C=O) groups excluding carboxylic acids is 2. The predicted molar refractivity (Wildman–Crippen MR) is 124 cm³/mol. The van der Waals surface area contributed by atoms with Crippen LogP contribution in [0.4, 0.5) is 5.82 Å². The quantitative estimate of drug-likeness (QED) is 0.555. The average molecular weight is 438 g/mol. The van der Waals surface area contributed by atoms with Crippen molar-refractivity contribution in [2.75, 3.05) is 31.1 Å². The highest BCUT2D eigenvalue weighted by molar-refractivity contribution is 7.16. The third kappa shape index (κ3) is 5.38. The van der Waals surface area contributed by atoms with Gasteiger partial charge in [0.2, 0.25) is 5.91 Å². The second kappa shape index (κ2) is 9.87. The van der Waals surface area contributed by atoms with Gasteiger partial charge in [-0.3, -0.25) is 9.59 Å². The molecule has 0 radical (unpaired) electrons. The van der Waals surface area contributed by atoms with Gasteiger partial charge in [0.1, 0.15) is 17.0 Å². The molecule has 0 bridgehead atoms. The van der Waals surface area contributed by atoms with Gasteiger partial charge < -0.3 is 15.5 Å². The molecule has 0 saturated carbocycles. The van der Waals surface area contributed by atoms with E-state index in [-0.39, 0.29) is 11.8 Å². The van der Waals surface area contributed by atoms with Crippen molar-refractivity contribution < 1.29 is 9.59 Å². The van der Waals surface area contributed by atoms with E-state index in [0.717, 1.165) is 48.4 Å². The molecule has 0 atom stereocenters. The van der Waals surface area contributed by atoms with Crippen LogP contribution in [0.5, 0.6) is 0 Å². The number of hydrogen-bond donors (Lipinski definition) is 2. The Balaban J connectivity index is 1.26. The number of aromatic nitrogens is 2. The maximum Gasteiger partial charge on any atom is 0.251 e. The summed E-state index contributed by atoms with van der Waals surface area (Å²) in [6.45, 7) is 4.32. The highest BCUT2D eigenvalue weighted by Gasteiger charge is 2.22. The first-order valence-corrected chi connectivity index (χ1v) is 11.5. The zero-order valence-corrected chi connectivity index (χ0v) is 18.5. The van der Waals surface area contributed by atoms with Crippen LogP contribution in [-0.2, 0) is 11.2 Å². The van der Waals surface area contributed by atoms with Crippen LogP contribution in [0, 0.1) is 5.92 Å².